The molecular weight excluding hydrogens is 321 g/mol. The van der Waals surface area contributed by atoms with E-state index in [1.807, 2.05) is 24.3 Å². The van der Waals surface area contributed by atoms with Gasteiger partial charge in [0, 0.05) is 13.0 Å². The highest BCUT2D eigenvalue weighted by Crippen LogP contribution is 2.30. The van der Waals surface area contributed by atoms with Crippen LogP contribution in [-0.4, -0.2) is 36.0 Å². The van der Waals surface area contributed by atoms with Gasteiger partial charge in [0.25, 0.3) is 0 Å². The number of hydrogen-bond donors (Lipinski definition) is 1. The van der Waals surface area contributed by atoms with E-state index in [1.54, 1.807) is 0 Å². The van der Waals surface area contributed by atoms with Gasteiger partial charge in [0.2, 0.25) is 11.8 Å². The summed E-state index contributed by atoms with van der Waals surface area (Å²) < 4.78 is 37.4. The molecule has 1 fully saturated rings. The van der Waals surface area contributed by atoms with Gasteiger partial charge in [0.1, 0.15) is 6.54 Å². The Morgan fingerprint density at radius 1 is 1.29 bits per heavy atom. The minimum atomic E-state index is -4.44. The molecule has 2 unspecified atom stereocenters. The van der Waals surface area contributed by atoms with E-state index >= 15 is 0 Å². The summed E-state index contributed by atoms with van der Waals surface area (Å²) in [6.45, 7) is -1.46. The average Bonchev–Trinajstić information content (AvgIpc) is 2.87. The van der Waals surface area contributed by atoms with Crippen LogP contribution in [0.4, 0.5) is 13.2 Å². The Kier molecular flexibility index (Phi) is 4.51. The first-order valence-corrected chi connectivity index (χ1v) is 8.06. The molecule has 0 spiro atoms. The maximum absolute atomic E-state index is 12.5. The molecule has 0 saturated carbocycles. The normalized spacial score (nSPS) is 24.0. The summed E-state index contributed by atoms with van der Waals surface area (Å²) in [5.41, 5.74) is 2.25. The maximum Gasteiger partial charge on any atom is 0.406 e. The van der Waals surface area contributed by atoms with Crippen LogP contribution < -0.4 is 5.32 Å². The van der Waals surface area contributed by atoms with Crippen LogP contribution in [0.2, 0.25) is 0 Å². The fraction of sp³-hybridized carbons (Fsp3) is 0.529. The second kappa shape index (κ2) is 6.45. The molecule has 1 saturated heterocycles. The summed E-state index contributed by atoms with van der Waals surface area (Å²) >= 11 is 0. The molecule has 7 heteroatoms. The molecule has 1 heterocycles. The van der Waals surface area contributed by atoms with Gasteiger partial charge in [0.15, 0.2) is 0 Å². The molecule has 2 amide bonds. The molecule has 3 rings (SSSR count). The van der Waals surface area contributed by atoms with Crippen LogP contribution in [0.5, 0.6) is 0 Å². The number of halogens is 3. The van der Waals surface area contributed by atoms with Gasteiger partial charge in [-0.15, -0.1) is 0 Å². The second-order valence-electron chi connectivity index (χ2n) is 6.44. The van der Waals surface area contributed by atoms with E-state index in [0.29, 0.717) is 0 Å². The number of carbonyl (C=O) groups is 2. The zero-order valence-corrected chi connectivity index (χ0v) is 13.1. The zero-order chi connectivity index (χ0) is 17.3. The van der Waals surface area contributed by atoms with Gasteiger partial charge in [-0.1, -0.05) is 24.3 Å². The first kappa shape index (κ1) is 16.8. The van der Waals surface area contributed by atoms with Crippen LogP contribution in [-0.2, 0) is 16.0 Å². The number of aryl methyl sites for hydroxylation is 1. The van der Waals surface area contributed by atoms with E-state index in [1.165, 1.54) is 5.56 Å². The van der Waals surface area contributed by atoms with Crippen LogP contribution in [0.15, 0.2) is 24.3 Å². The van der Waals surface area contributed by atoms with E-state index in [0.717, 1.165) is 29.7 Å². The summed E-state index contributed by atoms with van der Waals surface area (Å²) in [6, 6.07) is 7.72. The van der Waals surface area contributed by atoms with Crippen molar-refractivity contribution in [3.05, 3.63) is 35.4 Å². The molecule has 1 N–H and O–H groups in total. The third-order valence-electron chi connectivity index (χ3n) is 4.64. The highest BCUT2D eigenvalue weighted by molar-refractivity contribution is 5.89. The topological polar surface area (TPSA) is 49.4 Å². The van der Waals surface area contributed by atoms with Crippen LogP contribution >= 0.6 is 0 Å². The summed E-state index contributed by atoms with van der Waals surface area (Å²) in [7, 11) is 0. The average molecular weight is 340 g/mol. The standard InChI is InChI=1S/C17H19F3N2O2/c18-17(19,20)10-22-9-12(8-15(22)23)16(24)21-14-7-3-5-11-4-1-2-6-13(11)14/h1-2,4,6,12,14H,3,5,7-10H2,(H,21,24). The van der Waals surface area contributed by atoms with Gasteiger partial charge in [0.05, 0.1) is 12.0 Å². The molecule has 0 aromatic heterocycles. The summed E-state index contributed by atoms with van der Waals surface area (Å²) in [5.74, 6) is -1.67. The lowest BCUT2D eigenvalue weighted by Gasteiger charge is -2.27. The van der Waals surface area contributed by atoms with Crippen LogP contribution in [0, 0.1) is 5.92 Å². The zero-order valence-electron chi connectivity index (χ0n) is 13.1. The summed E-state index contributed by atoms with van der Waals surface area (Å²) in [4.78, 5) is 24.8. The van der Waals surface area contributed by atoms with Gasteiger partial charge in [-0.25, -0.2) is 0 Å². The number of benzene rings is 1. The minimum absolute atomic E-state index is 0.130. The first-order chi connectivity index (χ1) is 11.3. The van der Waals surface area contributed by atoms with E-state index in [9.17, 15) is 22.8 Å². The SMILES string of the molecule is O=C(NC1CCCc2ccccc21)C1CC(=O)N(CC(F)(F)F)C1. The maximum atomic E-state index is 12.5. The lowest BCUT2D eigenvalue weighted by atomic mass is 9.87. The van der Waals surface area contributed by atoms with Gasteiger partial charge >= 0.3 is 6.18 Å². The number of rotatable bonds is 3. The number of carbonyl (C=O) groups excluding carboxylic acids is 2. The monoisotopic (exact) mass is 340 g/mol. The van der Waals surface area contributed by atoms with Gasteiger partial charge < -0.3 is 10.2 Å². The third kappa shape index (κ3) is 3.71. The quantitative estimate of drug-likeness (QED) is 0.919. The van der Waals surface area contributed by atoms with Crippen molar-refractivity contribution in [2.45, 2.75) is 37.9 Å². The molecule has 1 aromatic carbocycles. The van der Waals surface area contributed by atoms with Crippen molar-refractivity contribution in [3.8, 4) is 0 Å². The fourth-order valence-corrected chi connectivity index (χ4v) is 3.51. The molecule has 1 aromatic rings. The number of fused-ring (bicyclic) bond motifs is 1. The predicted molar refractivity (Wildman–Crippen MR) is 81.0 cm³/mol. The van der Waals surface area contributed by atoms with Crippen molar-refractivity contribution >= 4 is 11.8 Å². The number of amides is 2. The van der Waals surface area contributed by atoms with E-state index < -0.39 is 24.5 Å². The number of nitrogens with zero attached hydrogens (tertiary/aromatic N) is 1. The largest absolute Gasteiger partial charge is 0.406 e. The van der Waals surface area contributed by atoms with Crippen LogP contribution in [0.3, 0.4) is 0 Å². The molecule has 2 atom stereocenters. The van der Waals surface area contributed by atoms with Crippen molar-refractivity contribution < 1.29 is 22.8 Å². The van der Waals surface area contributed by atoms with E-state index in [2.05, 4.69) is 5.32 Å². The van der Waals surface area contributed by atoms with E-state index in [-0.39, 0.29) is 24.9 Å². The predicted octanol–water partition coefficient (Wildman–Crippen LogP) is 2.59. The highest BCUT2D eigenvalue weighted by Gasteiger charge is 2.41. The number of nitrogens with one attached hydrogen (secondary N) is 1. The van der Waals surface area contributed by atoms with E-state index in [4.69, 9.17) is 0 Å². The Balaban J connectivity index is 1.63. The Morgan fingerprint density at radius 2 is 2.04 bits per heavy atom. The lowest BCUT2D eigenvalue weighted by molar-refractivity contribution is -0.157. The highest BCUT2D eigenvalue weighted by atomic mass is 19.4. The Morgan fingerprint density at radius 3 is 2.79 bits per heavy atom. The smallest absolute Gasteiger partial charge is 0.349 e. The minimum Gasteiger partial charge on any atom is -0.349 e. The van der Waals surface area contributed by atoms with Crippen molar-refractivity contribution in [3.63, 3.8) is 0 Å². The van der Waals surface area contributed by atoms with Gasteiger partial charge in [-0.2, -0.15) is 13.2 Å². The molecule has 1 aliphatic carbocycles. The Labute approximate surface area is 138 Å². The Hall–Kier alpha value is -2.05. The Bertz CT molecular complexity index is 645. The van der Waals surface area contributed by atoms with Crippen LogP contribution in [0.1, 0.15) is 36.4 Å². The summed E-state index contributed by atoms with van der Waals surface area (Å²) in [6.07, 6.45) is -1.88. The van der Waals surface area contributed by atoms with Crippen LogP contribution in [0.25, 0.3) is 0 Å². The van der Waals surface area contributed by atoms with Gasteiger partial charge in [-0.05, 0) is 30.4 Å². The molecule has 1 aliphatic heterocycles. The second-order valence-corrected chi connectivity index (χ2v) is 6.44. The third-order valence-corrected chi connectivity index (χ3v) is 4.64. The molecule has 0 radical (unpaired) electrons. The van der Waals surface area contributed by atoms with Crippen molar-refractivity contribution in [2.24, 2.45) is 5.92 Å². The number of alkyl halides is 3. The molecule has 24 heavy (non-hydrogen) atoms. The molecule has 2 aliphatic rings. The molecule has 0 bridgehead atoms. The van der Waals surface area contributed by atoms with Crippen molar-refractivity contribution in [2.75, 3.05) is 13.1 Å². The summed E-state index contributed by atoms with van der Waals surface area (Å²) in [5, 5.41) is 2.92. The molecule has 130 valence electrons. The fourth-order valence-electron chi connectivity index (χ4n) is 3.51. The number of likely N-dealkylation sites (tertiary alicyclic amines) is 1. The number of hydrogen-bond acceptors (Lipinski definition) is 2. The van der Waals surface area contributed by atoms with Gasteiger partial charge in [-0.3, -0.25) is 9.59 Å². The molecule has 4 nitrogen and oxygen atoms in total. The lowest BCUT2D eigenvalue weighted by Crippen LogP contribution is -2.38. The van der Waals surface area contributed by atoms with Crippen molar-refractivity contribution in [1.29, 1.82) is 0 Å². The molecular formula is C17H19F3N2O2. The van der Waals surface area contributed by atoms with Crippen molar-refractivity contribution in [1.82, 2.24) is 10.2 Å². The first-order valence-electron chi connectivity index (χ1n) is 8.06.